The molecule has 3 heterocycles. The van der Waals surface area contributed by atoms with Gasteiger partial charge in [0.15, 0.2) is 5.75 Å². The second-order valence-corrected chi connectivity index (χ2v) is 9.05. The Bertz CT molecular complexity index is 1310. The number of benzene rings is 2. The number of ether oxygens (including phenoxy) is 2. The van der Waals surface area contributed by atoms with Gasteiger partial charge in [0.2, 0.25) is 5.88 Å². The lowest BCUT2D eigenvalue weighted by Crippen LogP contribution is -2.29. The first-order valence-electron chi connectivity index (χ1n) is 12.4. The highest BCUT2D eigenvalue weighted by Crippen LogP contribution is 2.39. The van der Waals surface area contributed by atoms with Crippen LogP contribution in [0.2, 0.25) is 0 Å². The van der Waals surface area contributed by atoms with Crippen molar-refractivity contribution in [1.82, 2.24) is 14.9 Å². The lowest BCUT2D eigenvalue weighted by Gasteiger charge is -2.28. The number of hydrogen-bond acceptors (Lipinski definition) is 8. The molecule has 0 atom stereocenters. The fraction of sp³-hybridized carbons (Fsp3) is 0.310. The molecule has 2 aromatic carbocycles. The van der Waals surface area contributed by atoms with Gasteiger partial charge >= 0.3 is 0 Å². The highest BCUT2D eigenvalue weighted by Gasteiger charge is 2.19. The van der Waals surface area contributed by atoms with Gasteiger partial charge in [0.05, 0.1) is 30.6 Å². The summed E-state index contributed by atoms with van der Waals surface area (Å²) in [6.07, 6.45) is 4.69. The summed E-state index contributed by atoms with van der Waals surface area (Å²) in [4.78, 5) is 13.7. The molecule has 4 aromatic rings. The molecule has 2 aromatic heterocycles. The number of nitrogens with zero attached hydrogens (tertiary/aromatic N) is 4. The van der Waals surface area contributed by atoms with Gasteiger partial charge in [-0.25, -0.2) is 4.98 Å². The van der Waals surface area contributed by atoms with E-state index in [0.29, 0.717) is 19.1 Å². The summed E-state index contributed by atoms with van der Waals surface area (Å²) >= 11 is 0. The van der Waals surface area contributed by atoms with E-state index in [1.54, 1.807) is 0 Å². The number of hydrogen-bond donors (Lipinski definition) is 2. The lowest BCUT2D eigenvalue weighted by molar-refractivity contribution is 0.274. The molecule has 1 aliphatic heterocycles. The molecule has 8 nitrogen and oxygen atoms in total. The number of aliphatic hydroxyl groups is 1. The van der Waals surface area contributed by atoms with E-state index >= 15 is 0 Å². The molecule has 194 valence electrons. The van der Waals surface area contributed by atoms with Crippen LogP contribution in [0.4, 0.5) is 17.1 Å². The summed E-state index contributed by atoms with van der Waals surface area (Å²) in [6, 6.07) is 18.4. The van der Waals surface area contributed by atoms with Crippen molar-refractivity contribution in [3.05, 3.63) is 67.0 Å². The predicted molar refractivity (Wildman–Crippen MR) is 150 cm³/mol. The number of aromatic nitrogens is 2. The zero-order valence-corrected chi connectivity index (χ0v) is 21.9. The molecule has 0 saturated carbocycles. The van der Waals surface area contributed by atoms with E-state index < -0.39 is 0 Å². The standard InChI is InChI=1S/C28H31N5O2.CH4O/c1-32(2)12-7-14-35-28-25(31-22-8-5-4-6-9-22)17-21(18-30-28)20-10-11-24-23(16-20)27-26(19-29-24)33(3)13-15-34-27;1-2/h4-6,8-11,16-19,31H,7,12-15H2,1-3H3;2H,1H3. The van der Waals surface area contributed by atoms with E-state index in [1.165, 1.54) is 0 Å². The molecule has 0 amide bonds. The maximum atomic E-state index is 7.00. The van der Waals surface area contributed by atoms with Gasteiger partial charge in [-0.15, -0.1) is 0 Å². The normalized spacial score (nSPS) is 12.4. The zero-order valence-electron chi connectivity index (χ0n) is 21.9. The van der Waals surface area contributed by atoms with Gasteiger partial charge < -0.3 is 29.7 Å². The Hall–Kier alpha value is -3.88. The Kier molecular flexibility index (Phi) is 8.77. The molecular weight excluding hydrogens is 466 g/mol. The molecule has 0 spiro atoms. The topological polar surface area (TPSA) is 83.0 Å². The first-order valence-corrected chi connectivity index (χ1v) is 12.4. The van der Waals surface area contributed by atoms with E-state index in [-0.39, 0.29) is 0 Å². The van der Waals surface area contributed by atoms with Crippen molar-refractivity contribution in [2.75, 3.05) is 64.8 Å². The van der Waals surface area contributed by atoms with Gasteiger partial charge in [-0.2, -0.15) is 0 Å². The first kappa shape index (κ1) is 26.2. The number of likely N-dealkylation sites (N-methyl/N-ethyl adjacent to an activating group) is 1. The Balaban J connectivity index is 0.00000156. The number of fused-ring (bicyclic) bond motifs is 3. The fourth-order valence-corrected chi connectivity index (χ4v) is 4.21. The third-order valence-electron chi connectivity index (χ3n) is 6.11. The van der Waals surface area contributed by atoms with Crippen LogP contribution in [0.15, 0.2) is 67.0 Å². The summed E-state index contributed by atoms with van der Waals surface area (Å²) in [5.41, 5.74) is 5.80. The maximum absolute atomic E-state index is 7.00. The van der Waals surface area contributed by atoms with Crippen LogP contribution in [0.5, 0.6) is 11.6 Å². The van der Waals surface area contributed by atoms with Gasteiger partial charge in [0.1, 0.15) is 12.3 Å². The van der Waals surface area contributed by atoms with Gasteiger partial charge in [-0.3, -0.25) is 4.98 Å². The maximum Gasteiger partial charge on any atom is 0.237 e. The minimum atomic E-state index is 0.598. The summed E-state index contributed by atoms with van der Waals surface area (Å²) < 4.78 is 12.1. The molecule has 2 N–H and O–H groups in total. The monoisotopic (exact) mass is 501 g/mol. The molecule has 0 radical (unpaired) electrons. The zero-order chi connectivity index (χ0) is 26.2. The third kappa shape index (κ3) is 6.28. The van der Waals surface area contributed by atoms with Gasteiger partial charge in [-0.05, 0) is 56.4 Å². The minimum absolute atomic E-state index is 0.598. The second kappa shape index (κ2) is 12.4. The molecule has 8 heteroatoms. The first-order chi connectivity index (χ1) is 18.1. The van der Waals surface area contributed by atoms with Gasteiger partial charge in [-0.1, -0.05) is 24.3 Å². The molecule has 37 heavy (non-hydrogen) atoms. The molecular formula is C29H35N5O3. The molecule has 0 bridgehead atoms. The summed E-state index contributed by atoms with van der Waals surface area (Å²) in [5.74, 6) is 1.49. The van der Waals surface area contributed by atoms with E-state index in [4.69, 9.17) is 19.6 Å². The highest BCUT2D eigenvalue weighted by atomic mass is 16.5. The molecule has 5 rings (SSSR count). The Labute approximate surface area is 218 Å². The quantitative estimate of drug-likeness (QED) is 0.333. The van der Waals surface area contributed by atoms with E-state index in [1.807, 2.05) is 48.8 Å². The van der Waals surface area contributed by atoms with Crippen LogP contribution in [0, 0.1) is 0 Å². The van der Waals surface area contributed by atoms with Gasteiger partial charge in [0.25, 0.3) is 0 Å². The second-order valence-electron chi connectivity index (χ2n) is 9.05. The summed E-state index contributed by atoms with van der Waals surface area (Å²) in [5, 5.41) is 11.5. The van der Waals surface area contributed by atoms with Crippen molar-refractivity contribution in [2.45, 2.75) is 6.42 Å². The molecule has 0 unspecified atom stereocenters. The van der Waals surface area contributed by atoms with E-state index in [2.05, 4.69) is 59.4 Å². The number of anilines is 3. The summed E-state index contributed by atoms with van der Waals surface area (Å²) in [7, 11) is 7.20. The van der Waals surface area contributed by atoms with Crippen LogP contribution in [-0.4, -0.2) is 74.5 Å². The van der Waals surface area contributed by atoms with Crippen LogP contribution in [0.1, 0.15) is 6.42 Å². The van der Waals surface area contributed by atoms with Crippen molar-refractivity contribution in [3.8, 4) is 22.8 Å². The Morgan fingerprint density at radius 1 is 1.03 bits per heavy atom. The van der Waals surface area contributed by atoms with E-state index in [0.717, 1.165) is 71.5 Å². The van der Waals surface area contributed by atoms with Crippen LogP contribution < -0.4 is 19.7 Å². The van der Waals surface area contributed by atoms with Crippen molar-refractivity contribution < 1.29 is 14.6 Å². The summed E-state index contributed by atoms with van der Waals surface area (Å²) in [6.45, 7) is 3.09. The highest BCUT2D eigenvalue weighted by molar-refractivity contribution is 5.94. The molecule has 0 saturated heterocycles. The van der Waals surface area contributed by atoms with Crippen LogP contribution in [0.25, 0.3) is 22.0 Å². The largest absolute Gasteiger partial charge is 0.489 e. The van der Waals surface area contributed by atoms with Crippen LogP contribution >= 0.6 is 0 Å². The van der Waals surface area contributed by atoms with Crippen molar-refractivity contribution in [3.63, 3.8) is 0 Å². The van der Waals surface area contributed by atoms with Crippen molar-refractivity contribution in [1.29, 1.82) is 0 Å². The fourth-order valence-electron chi connectivity index (χ4n) is 4.21. The molecule has 0 fully saturated rings. The van der Waals surface area contributed by atoms with Gasteiger partial charge in [0, 0.05) is 43.5 Å². The van der Waals surface area contributed by atoms with Crippen molar-refractivity contribution in [2.24, 2.45) is 0 Å². The smallest absolute Gasteiger partial charge is 0.237 e. The minimum Gasteiger partial charge on any atom is -0.489 e. The van der Waals surface area contributed by atoms with Crippen LogP contribution in [0.3, 0.4) is 0 Å². The third-order valence-corrected chi connectivity index (χ3v) is 6.11. The Morgan fingerprint density at radius 3 is 2.62 bits per heavy atom. The van der Waals surface area contributed by atoms with Crippen molar-refractivity contribution >= 4 is 28.0 Å². The molecule has 0 aliphatic carbocycles. The lowest BCUT2D eigenvalue weighted by atomic mass is 10.0. The van der Waals surface area contributed by atoms with E-state index in [9.17, 15) is 0 Å². The number of para-hydroxylation sites is 1. The number of pyridine rings is 2. The number of aliphatic hydroxyl groups excluding tert-OH is 1. The van der Waals surface area contributed by atoms with Crippen LogP contribution in [-0.2, 0) is 0 Å². The molecule has 1 aliphatic rings. The number of rotatable bonds is 8. The SMILES string of the molecule is CN(C)CCCOc1ncc(-c2ccc3ncc4c(c3c2)OCCN4C)cc1Nc1ccccc1.CO. The average Bonchev–Trinajstić information content (AvgIpc) is 2.93. The average molecular weight is 502 g/mol. The Morgan fingerprint density at radius 2 is 1.84 bits per heavy atom. The predicted octanol–water partition coefficient (Wildman–Crippen LogP) is 4.81. The number of nitrogens with one attached hydrogen (secondary N) is 1.